The van der Waals surface area contributed by atoms with Gasteiger partial charge in [-0.05, 0) is 25.7 Å². The summed E-state index contributed by atoms with van der Waals surface area (Å²) in [5, 5.41) is 9.05. The number of fused-ring (bicyclic) bond motifs is 1. The molecule has 2 saturated carbocycles. The summed E-state index contributed by atoms with van der Waals surface area (Å²) in [7, 11) is 0. The van der Waals surface area contributed by atoms with Crippen LogP contribution in [0.5, 0.6) is 0 Å². The lowest BCUT2D eigenvalue weighted by Crippen LogP contribution is -2.36. The SMILES string of the molecule is C[C@]12C[C@@H]3C[C@@H]1[C@H](C(=O)O2)[C@@H]3C(=O)O. The third kappa shape index (κ3) is 0.713. The molecule has 1 saturated heterocycles. The minimum Gasteiger partial charge on any atom is -0.481 e. The Morgan fingerprint density at radius 3 is 3.00 bits per heavy atom. The predicted molar refractivity (Wildman–Crippen MR) is 45.3 cm³/mol. The molecule has 1 N–H and O–H groups in total. The summed E-state index contributed by atoms with van der Waals surface area (Å²) in [6, 6.07) is 0. The van der Waals surface area contributed by atoms with E-state index in [-0.39, 0.29) is 29.3 Å². The van der Waals surface area contributed by atoms with Crippen molar-refractivity contribution in [2.45, 2.75) is 25.4 Å². The molecule has 4 nitrogen and oxygen atoms in total. The van der Waals surface area contributed by atoms with Crippen molar-refractivity contribution in [2.24, 2.45) is 23.7 Å². The molecule has 76 valence electrons. The van der Waals surface area contributed by atoms with Gasteiger partial charge in [0.15, 0.2) is 0 Å². The minimum absolute atomic E-state index is 0.152. The van der Waals surface area contributed by atoms with Crippen molar-refractivity contribution in [3.05, 3.63) is 0 Å². The zero-order valence-electron chi connectivity index (χ0n) is 7.90. The van der Waals surface area contributed by atoms with E-state index in [1.807, 2.05) is 6.92 Å². The number of ether oxygens (including phenoxy) is 1. The molecule has 3 rings (SSSR count). The summed E-state index contributed by atoms with van der Waals surface area (Å²) in [6.07, 6.45) is 1.58. The molecule has 0 aromatic rings. The van der Waals surface area contributed by atoms with Crippen LogP contribution in [0.15, 0.2) is 0 Å². The van der Waals surface area contributed by atoms with E-state index in [9.17, 15) is 9.59 Å². The molecular weight excluding hydrogens is 184 g/mol. The number of esters is 1. The Bertz CT molecular complexity index is 337. The molecular formula is C10H12O4. The number of rotatable bonds is 1. The molecule has 4 heteroatoms. The number of aliphatic carboxylic acids is 1. The zero-order chi connectivity index (χ0) is 10.1. The van der Waals surface area contributed by atoms with Gasteiger partial charge in [0.25, 0.3) is 0 Å². The highest BCUT2D eigenvalue weighted by Gasteiger charge is 2.69. The maximum atomic E-state index is 11.5. The first-order valence-corrected chi connectivity index (χ1v) is 4.98. The van der Waals surface area contributed by atoms with Gasteiger partial charge in [0, 0.05) is 5.92 Å². The van der Waals surface area contributed by atoms with Gasteiger partial charge in [-0.2, -0.15) is 0 Å². The number of hydrogen-bond acceptors (Lipinski definition) is 3. The normalized spacial score (nSPS) is 53.6. The van der Waals surface area contributed by atoms with Crippen LogP contribution in [0, 0.1) is 23.7 Å². The molecule has 0 amide bonds. The summed E-state index contributed by atoms with van der Waals surface area (Å²) in [5.41, 5.74) is -0.349. The number of carbonyl (C=O) groups excluding carboxylic acids is 1. The number of carboxylic acid groups (broad SMARTS) is 1. The molecule has 3 fully saturated rings. The highest BCUT2D eigenvalue weighted by Crippen LogP contribution is 2.62. The zero-order valence-corrected chi connectivity index (χ0v) is 7.90. The van der Waals surface area contributed by atoms with Crippen molar-refractivity contribution in [1.29, 1.82) is 0 Å². The summed E-state index contributed by atoms with van der Waals surface area (Å²) in [5.74, 6) is -1.66. The first kappa shape index (κ1) is 8.26. The molecule has 0 aromatic heterocycles. The van der Waals surface area contributed by atoms with E-state index in [1.54, 1.807) is 0 Å². The van der Waals surface area contributed by atoms with Crippen molar-refractivity contribution in [1.82, 2.24) is 0 Å². The summed E-state index contributed by atoms with van der Waals surface area (Å²) >= 11 is 0. The van der Waals surface area contributed by atoms with Gasteiger partial charge >= 0.3 is 11.9 Å². The van der Waals surface area contributed by atoms with Gasteiger partial charge in [-0.25, -0.2) is 0 Å². The average Bonchev–Trinajstić information content (AvgIpc) is 2.58. The maximum Gasteiger partial charge on any atom is 0.310 e. The topological polar surface area (TPSA) is 63.6 Å². The van der Waals surface area contributed by atoms with Crippen molar-refractivity contribution in [2.75, 3.05) is 0 Å². The molecule has 0 aromatic carbocycles. The molecule has 1 heterocycles. The second-order valence-corrected chi connectivity index (χ2v) is 4.93. The van der Waals surface area contributed by atoms with Crippen molar-refractivity contribution >= 4 is 11.9 Å². The number of carboxylic acids is 1. The Hall–Kier alpha value is -1.06. The molecule has 5 atom stereocenters. The summed E-state index contributed by atoms with van der Waals surface area (Å²) in [4.78, 5) is 22.5. The quantitative estimate of drug-likeness (QED) is 0.626. The van der Waals surface area contributed by atoms with Gasteiger partial charge in [-0.3, -0.25) is 9.59 Å². The van der Waals surface area contributed by atoms with E-state index in [4.69, 9.17) is 9.84 Å². The molecule has 14 heavy (non-hydrogen) atoms. The third-order valence-corrected chi connectivity index (χ3v) is 4.23. The van der Waals surface area contributed by atoms with E-state index < -0.39 is 11.9 Å². The van der Waals surface area contributed by atoms with Gasteiger partial charge in [0.1, 0.15) is 5.60 Å². The lowest BCUT2D eigenvalue weighted by Gasteiger charge is -2.28. The van der Waals surface area contributed by atoms with Crippen LogP contribution in [0.3, 0.4) is 0 Å². The Labute approximate surface area is 81.2 Å². The molecule has 0 spiro atoms. The molecule has 0 radical (unpaired) electrons. The Kier molecular flexibility index (Phi) is 1.25. The third-order valence-electron chi connectivity index (χ3n) is 4.23. The van der Waals surface area contributed by atoms with Crippen LogP contribution in [0.1, 0.15) is 19.8 Å². The van der Waals surface area contributed by atoms with Crippen LogP contribution in [-0.4, -0.2) is 22.6 Å². The van der Waals surface area contributed by atoms with E-state index in [0.29, 0.717) is 0 Å². The molecule has 3 aliphatic rings. The number of hydrogen-bond donors (Lipinski definition) is 1. The van der Waals surface area contributed by atoms with E-state index >= 15 is 0 Å². The van der Waals surface area contributed by atoms with Crippen LogP contribution < -0.4 is 0 Å². The first-order valence-electron chi connectivity index (χ1n) is 4.98. The van der Waals surface area contributed by atoms with Crippen LogP contribution >= 0.6 is 0 Å². The van der Waals surface area contributed by atoms with Gasteiger partial charge in [-0.1, -0.05) is 0 Å². The van der Waals surface area contributed by atoms with Crippen LogP contribution in [0.4, 0.5) is 0 Å². The second-order valence-electron chi connectivity index (χ2n) is 4.93. The van der Waals surface area contributed by atoms with E-state index in [0.717, 1.165) is 12.8 Å². The summed E-state index contributed by atoms with van der Waals surface area (Å²) in [6.45, 7) is 1.94. The Morgan fingerprint density at radius 1 is 1.64 bits per heavy atom. The molecule has 2 aliphatic carbocycles. The Morgan fingerprint density at radius 2 is 2.36 bits per heavy atom. The fraction of sp³-hybridized carbons (Fsp3) is 0.800. The average molecular weight is 196 g/mol. The molecule has 2 bridgehead atoms. The molecule has 0 unspecified atom stereocenters. The van der Waals surface area contributed by atoms with Crippen LogP contribution in [-0.2, 0) is 14.3 Å². The van der Waals surface area contributed by atoms with Crippen molar-refractivity contribution in [3.63, 3.8) is 0 Å². The highest BCUT2D eigenvalue weighted by molar-refractivity contribution is 5.85. The van der Waals surface area contributed by atoms with E-state index in [2.05, 4.69) is 0 Å². The predicted octanol–water partition coefficient (Wildman–Crippen LogP) is 0.659. The lowest BCUT2D eigenvalue weighted by atomic mass is 9.75. The standard InChI is InChI=1S/C10H12O4/c1-10-3-4-2-5(10)7(9(13)14-10)6(4)8(11)12/h4-7H,2-3H2,1H3,(H,11,12)/t4-,5+,6+,7-,10-/m0/s1. The van der Waals surface area contributed by atoms with Gasteiger partial charge < -0.3 is 9.84 Å². The fourth-order valence-electron chi connectivity index (χ4n) is 3.76. The fourth-order valence-corrected chi connectivity index (χ4v) is 3.76. The monoisotopic (exact) mass is 196 g/mol. The lowest BCUT2D eigenvalue weighted by molar-refractivity contribution is -0.152. The van der Waals surface area contributed by atoms with Gasteiger partial charge in [0.05, 0.1) is 11.8 Å². The summed E-state index contributed by atoms with van der Waals surface area (Å²) < 4.78 is 5.30. The van der Waals surface area contributed by atoms with E-state index in [1.165, 1.54) is 0 Å². The van der Waals surface area contributed by atoms with Crippen LogP contribution in [0.2, 0.25) is 0 Å². The molecule has 1 aliphatic heterocycles. The van der Waals surface area contributed by atoms with Crippen molar-refractivity contribution < 1.29 is 19.4 Å². The van der Waals surface area contributed by atoms with Crippen LogP contribution in [0.25, 0.3) is 0 Å². The highest BCUT2D eigenvalue weighted by atomic mass is 16.6. The smallest absolute Gasteiger partial charge is 0.310 e. The van der Waals surface area contributed by atoms with Gasteiger partial charge in [0.2, 0.25) is 0 Å². The maximum absolute atomic E-state index is 11.5. The second kappa shape index (κ2) is 2.12. The van der Waals surface area contributed by atoms with Crippen molar-refractivity contribution in [3.8, 4) is 0 Å². The largest absolute Gasteiger partial charge is 0.481 e. The Balaban J connectivity index is 2.05. The van der Waals surface area contributed by atoms with Gasteiger partial charge in [-0.15, -0.1) is 0 Å². The first-order chi connectivity index (χ1) is 6.53. The number of carbonyl (C=O) groups is 2. The minimum atomic E-state index is -0.830.